The van der Waals surface area contributed by atoms with E-state index in [4.69, 9.17) is 0 Å². The number of hydrogen-bond acceptors (Lipinski definition) is 1. The highest BCUT2D eigenvalue weighted by Gasteiger charge is 2.10. The second-order valence-corrected chi connectivity index (χ2v) is 6.49. The number of aromatic nitrogens is 1. The number of aryl methyl sites for hydroxylation is 1. The Kier molecular flexibility index (Phi) is 4.29. The fourth-order valence-electron chi connectivity index (χ4n) is 3.60. The van der Waals surface area contributed by atoms with E-state index in [1.165, 1.54) is 10.9 Å². The monoisotopic (exact) mass is 336 g/mol. The molecule has 3 aromatic carbocycles. The van der Waals surface area contributed by atoms with Crippen LogP contribution in [0.1, 0.15) is 24.5 Å². The fraction of sp³-hybridized carbons (Fsp3) is 0.125. The molecule has 4 aromatic rings. The molecule has 126 valence electrons. The molecule has 0 radical (unpaired) electrons. The molecule has 4 rings (SSSR count). The second kappa shape index (κ2) is 6.90. The van der Waals surface area contributed by atoms with Crippen molar-refractivity contribution >= 4 is 33.3 Å². The van der Waals surface area contributed by atoms with Gasteiger partial charge in [0.15, 0.2) is 0 Å². The summed E-state index contributed by atoms with van der Waals surface area (Å²) in [4.78, 5) is 0. The van der Waals surface area contributed by atoms with Crippen LogP contribution < -0.4 is 0 Å². The minimum Gasteiger partial charge on any atom is -0.347 e. The van der Waals surface area contributed by atoms with E-state index in [-0.39, 0.29) is 0 Å². The number of nitriles is 1. The first-order valence-electron chi connectivity index (χ1n) is 8.99. The maximum atomic E-state index is 9.86. The lowest BCUT2D eigenvalue weighted by Gasteiger charge is -2.05. The Morgan fingerprint density at radius 3 is 2.50 bits per heavy atom. The van der Waals surface area contributed by atoms with Crippen molar-refractivity contribution in [3.05, 3.63) is 84.1 Å². The zero-order valence-corrected chi connectivity index (χ0v) is 14.8. The zero-order valence-electron chi connectivity index (χ0n) is 14.8. The molecule has 0 aliphatic carbocycles. The molecule has 0 atom stereocenters. The fourth-order valence-corrected chi connectivity index (χ4v) is 3.60. The molecular formula is C24H20N2. The van der Waals surface area contributed by atoms with Crippen LogP contribution >= 0.6 is 0 Å². The highest BCUT2D eigenvalue weighted by Crippen LogP contribution is 2.29. The summed E-state index contributed by atoms with van der Waals surface area (Å²) in [5, 5.41) is 13.3. The van der Waals surface area contributed by atoms with Gasteiger partial charge in [0, 0.05) is 34.8 Å². The van der Waals surface area contributed by atoms with Gasteiger partial charge in [-0.2, -0.15) is 5.26 Å². The number of nitrogens with zero attached hydrogens (tertiary/aromatic N) is 2. The predicted molar refractivity (Wildman–Crippen MR) is 110 cm³/mol. The second-order valence-electron chi connectivity index (χ2n) is 6.49. The molecule has 0 amide bonds. The van der Waals surface area contributed by atoms with Crippen LogP contribution in [0.25, 0.3) is 33.3 Å². The first-order valence-corrected chi connectivity index (χ1v) is 8.99. The summed E-state index contributed by atoms with van der Waals surface area (Å²) in [6.07, 6.45) is 5.27. The van der Waals surface area contributed by atoms with E-state index < -0.39 is 0 Å². The predicted octanol–water partition coefficient (Wildman–Crippen LogP) is 6.27. The highest BCUT2D eigenvalue weighted by atomic mass is 14.9. The molecule has 0 fully saturated rings. The normalized spacial score (nSPS) is 11.8. The molecule has 0 unspecified atom stereocenters. The summed E-state index contributed by atoms with van der Waals surface area (Å²) < 4.78 is 2.28. The van der Waals surface area contributed by atoms with Gasteiger partial charge < -0.3 is 4.57 Å². The van der Waals surface area contributed by atoms with Crippen molar-refractivity contribution in [3.63, 3.8) is 0 Å². The zero-order chi connectivity index (χ0) is 17.9. The minimum atomic E-state index is 0.696. The van der Waals surface area contributed by atoms with E-state index in [1.807, 2.05) is 30.3 Å². The van der Waals surface area contributed by atoms with E-state index in [0.29, 0.717) is 5.57 Å². The summed E-state index contributed by atoms with van der Waals surface area (Å²) in [5.74, 6) is 0. The quantitative estimate of drug-likeness (QED) is 0.404. The molecule has 1 aromatic heterocycles. The average Bonchev–Trinajstić information content (AvgIpc) is 3.04. The SMILES string of the molecule is CCCn1cc(/C=C(\C#N)c2cccc3ccccc23)c2ccccc21. The summed E-state index contributed by atoms with van der Waals surface area (Å²) in [6, 6.07) is 25.2. The molecule has 0 N–H and O–H groups in total. The van der Waals surface area contributed by atoms with E-state index >= 15 is 0 Å². The third kappa shape index (κ3) is 2.78. The third-order valence-electron chi connectivity index (χ3n) is 4.78. The topological polar surface area (TPSA) is 28.7 Å². The van der Waals surface area contributed by atoms with E-state index in [0.717, 1.165) is 34.9 Å². The molecule has 1 heterocycles. The molecule has 0 spiro atoms. The Bertz CT molecular complexity index is 1150. The van der Waals surface area contributed by atoms with Gasteiger partial charge >= 0.3 is 0 Å². The lowest BCUT2D eigenvalue weighted by Crippen LogP contribution is -1.93. The van der Waals surface area contributed by atoms with Gasteiger partial charge in [-0.25, -0.2) is 0 Å². The smallest absolute Gasteiger partial charge is 0.0998 e. The van der Waals surface area contributed by atoms with Crippen LogP contribution in [0.4, 0.5) is 0 Å². The molecule has 2 heteroatoms. The maximum absolute atomic E-state index is 9.86. The number of para-hydroxylation sites is 1. The summed E-state index contributed by atoms with van der Waals surface area (Å²) >= 11 is 0. The van der Waals surface area contributed by atoms with Crippen molar-refractivity contribution < 1.29 is 0 Å². The standard InChI is InChI=1S/C24H20N2/c1-2-14-26-17-20(23-11-5-6-13-24(23)26)15-19(16-25)22-12-7-9-18-8-3-4-10-21(18)22/h3-13,15,17H,2,14H2,1H3/b19-15+. The van der Waals surface area contributed by atoms with Gasteiger partial charge in [0.1, 0.15) is 0 Å². The number of rotatable bonds is 4. The summed E-state index contributed by atoms with van der Waals surface area (Å²) in [7, 11) is 0. The van der Waals surface area contributed by atoms with Crippen LogP contribution in [-0.2, 0) is 6.54 Å². The van der Waals surface area contributed by atoms with Crippen LogP contribution in [0.3, 0.4) is 0 Å². The van der Waals surface area contributed by atoms with Gasteiger partial charge in [0.2, 0.25) is 0 Å². The van der Waals surface area contributed by atoms with Gasteiger partial charge in [0.05, 0.1) is 11.6 Å². The number of benzene rings is 3. The first-order chi connectivity index (χ1) is 12.8. The highest BCUT2D eigenvalue weighted by molar-refractivity contribution is 6.04. The van der Waals surface area contributed by atoms with Crippen molar-refractivity contribution in [2.24, 2.45) is 0 Å². The Balaban J connectivity index is 1.92. The Labute approximate surface area is 153 Å². The van der Waals surface area contributed by atoms with Gasteiger partial charge in [-0.15, -0.1) is 0 Å². The molecule has 0 bridgehead atoms. The van der Waals surface area contributed by atoms with Crippen molar-refractivity contribution in [2.75, 3.05) is 0 Å². The minimum absolute atomic E-state index is 0.696. The third-order valence-corrected chi connectivity index (χ3v) is 4.78. The van der Waals surface area contributed by atoms with Crippen LogP contribution in [0.5, 0.6) is 0 Å². The summed E-state index contributed by atoms with van der Waals surface area (Å²) in [6.45, 7) is 3.16. The van der Waals surface area contributed by atoms with E-state index in [2.05, 4.69) is 66.2 Å². The van der Waals surface area contributed by atoms with E-state index in [9.17, 15) is 5.26 Å². The first kappa shape index (κ1) is 16.2. The Morgan fingerprint density at radius 2 is 1.69 bits per heavy atom. The average molecular weight is 336 g/mol. The molecule has 2 nitrogen and oxygen atoms in total. The Hall–Kier alpha value is -3.31. The number of fused-ring (bicyclic) bond motifs is 2. The molecule has 0 aliphatic heterocycles. The maximum Gasteiger partial charge on any atom is 0.0998 e. The van der Waals surface area contributed by atoms with Crippen LogP contribution in [0.2, 0.25) is 0 Å². The van der Waals surface area contributed by atoms with Crippen molar-refractivity contribution in [2.45, 2.75) is 19.9 Å². The Morgan fingerprint density at radius 1 is 0.962 bits per heavy atom. The van der Waals surface area contributed by atoms with Gasteiger partial charge in [-0.3, -0.25) is 0 Å². The largest absolute Gasteiger partial charge is 0.347 e. The van der Waals surface area contributed by atoms with Crippen LogP contribution in [0, 0.1) is 11.3 Å². The lowest BCUT2D eigenvalue weighted by molar-refractivity contribution is 0.703. The molecule has 0 saturated heterocycles. The molecule has 0 saturated carbocycles. The molecule has 26 heavy (non-hydrogen) atoms. The van der Waals surface area contributed by atoms with Crippen molar-refractivity contribution in [1.82, 2.24) is 4.57 Å². The van der Waals surface area contributed by atoms with Crippen molar-refractivity contribution in [1.29, 1.82) is 5.26 Å². The van der Waals surface area contributed by atoms with Crippen LogP contribution in [0.15, 0.2) is 72.9 Å². The van der Waals surface area contributed by atoms with Gasteiger partial charge in [-0.05, 0) is 29.3 Å². The number of hydrogen-bond donors (Lipinski definition) is 0. The summed E-state index contributed by atoms with van der Waals surface area (Å²) in [5.41, 5.74) is 3.99. The number of allylic oxidation sites excluding steroid dienone is 1. The van der Waals surface area contributed by atoms with Crippen LogP contribution in [-0.4, -0.2) is 4.57 Å². The molecular weight excluding hydrogens is 316 g/mol. The van der Waals surface area contributed by atoms with Gasteiger partial charge in [-0.1, -0.05) is 67.6 Å². The lowest BCUT2D eigenvalue weighted by atomic mass is 9.97. The molecule has 0 aliphatic rings. The van der Waals surface area contributed by atoms with Crippen molar-refractivity contribution in [3.8, 4) is 6.07 Å². The van der Waals surface area contributed by atoms with E-state index in [1.54, 1.807) is 0 Å². The van der Waals surface area contributed by atoms with Gasteiger partial charge in [0.25, 0.3) is 0 Å².